The molecule has 0 saturated carbocycles. The van der Waals surface area contributed by atoms with Gasteiger partial charge in [-0.25, -0.2) is 4.79 Å². The van der Waals surface area contributed by atoms with Crippen LogP contribution >= 0.6 is 23.2 Å². The number of carbonyl (C=O) groups excluding carboxylic acids is 1. The molecule has 0 spiro atoms. The summed E-state index contributed by atoms with van der Waals surface area (Å²) >= 11 is 12.3. The molecule has 140 valence electrons. The molecule has 2 amide bonds. The van der Waals surface area contributed by atoms with Gasteiger partial charge in [-0.15, -0.1) is 0 Å². The summed E-state index contributed by atoms with van der Waals surface area (Å²) in [4.78, 5) is 14.3. The lowest BCUT2D eigenvalue weighted by atomic mass is 10.0. The molecule has 27 heavy (non-hydrogen) atoms. The number of carbonyl (C=O) groups is 1. The summed E-state index contributed by atoms with van der Waals surface area (Å²) in [5.41, 5.74) is 3.87. The molecule has 4 rings (SSSR count). The van der Waals surface area contributed by atoms with E-state index in [4.69, 9.17) is 27.9 Å². The summed E-state index contributed by atoms with van der Waals surface area (Å²) < 4.78 is 6.00. The Hall–Kier alpha value is -2.21. The number of para-hydroxylation sites is 1. The SMILES string of the molecule is O=C1Nc2ccccc2CN1CC1=C(c2ccc(Cl)c(Cl)c2)CNCCO1. The van der Waals surface area contributed by atoms with Crippen molar-refractivity contribution in [3.63, 3.8) is 0 Å². The van der Waals surface area contributed by atoms with Crippen molar-refractivity contribution in [2.75, 3.05) is 31.6 Å². The van der Waals surface area contributed by atoms with Crippen LogP contribution in [0, 0.1) is 0 Å². The first-order valence-corrected chi connectivity index (χ1v) is 9.52. The van der Waals surface area contributed by atoms with E-state index in [1.807, 2.05) is 36.4 Å². The number of fused-ring (bicyclic) bond motifs is 1. The van der Waals surface area contributed by atoms with Crippen molar-refractivity contribution in [3.8, 4) is 0 Å². The van der Waals surface area contributed by atoms with Crippen molar-refractivity contribution in [3.05, 3.63) is 69.4 Å². The van der Waals surface area contributed by atoms with Gasteiger partial charge in [0, 0.05) is 30.9 Å². The van der Waals surface area contributed by atoms with Crippen LogP contribution in [-0.2, 0) is 11.3 Å². The Morgan fingerprint density at radius 1 is 1.11 bits per heavy atom. The van der Waals surface area contributed by atoms with Crippen molar-refractivity contribution < 1.29 is 9.53 Å². The molecule has 0 aromatic heterocycles. The number of anilines is 1. The number of halogens is 2. The Morgan fingerprint density at radius 2 is 1.96 bits per heavy atom. The number of nitrogens with one attached hydrogen (secondary N) is 2. The van der Waals surface area contributed by atoms with Crippen LogP contribution in [0.1, 0.15) is 11.1 Å². The number of nitrogens with zero attached hydrogens (tertiary/aromatic N) is 1. The third-order valence-electron chi connectivity index (χ3n) is 4.70. The standard InChI is InChI=1S/C20H19Cl2N3O2/c21-16-6-5-13(9-17(16)22)15-10-23-7-8-27-19(15)12-25-11-14-3-1-2-4-18(14)24-20(25)26/h1-6,9,23H,7-8,10-12H2,(H,24,26). The molecular weight excluding hydrogens is 385 g/mol. The van der Waals surface area contributed by atoms with E-state index in [0.29, 0.717) is 36.3 Å². The lowest BCUT2D eigenvalue weighted by Crippen LogP contribution is -2.40. The Labute approximate surface area is 167 Å². The second-order valence-electron chi connectivity index (χ2n) is 6.50. The van der Waals surface area contributed by atoms with Gasteiger partial charge in [-0.2, -0.15) is 0 Å². The highest BCUT2D eigenvalue weighted by Gasteiger charge is 2.25. The molecule has 0 atom stereocenters. The lowest BCUT2D eigenvalue weighted by Gasteiger charge is -2.30. The van der Waals surface area contributed by atoms with Crippen molar-refractivity contribution in [2.45, 2.75) is 6.54 Å². The van der Waals surface area contributed by atoms with Gasteiger partial charge in [-0.05, 0) is 29.3 Å². The van der Waals surface area contributed by atoms with Crippen LogP contribution in [0.4, 0.5) is 10.5 Å². The quantitative estimate of drug-likeness (QED) is 0.799. The predicted molar refractivity (Wildman–Crippen MR) is 108 cm³/mol. The molecule has 2 aromatic rings. The maximum Gasteiger partial charge on any atom is 0.322 e. The molecule has 0 saturated heterocycles. The highest BCUT2D eigenvalue weighted by atomic mass is 35.5. The van der Waals surface area contributed by atoms with Crippen LogP contribution in [0.2, 0.25) is 10.0 Å². The van der Waals surface area contributed by atoms with Gasteiger partial charge in [0.1, 0.15) is 12.4 Å². The highest BCUT2D eigenvalue weighted by Crippen LogP contribution is 2.30. The van der Waals surface area contributed by atoms with Gasteiger partial charge in [-0.1, -0.05) is 47.5 Å². The van der Waals surface area contributed by atoms with Gasteiger partial charge in [0.05, 0.1) is 16.6 Å². The minimum atomic E-state index is -0.129. The summed E-state index contributed by atoms with van der Waals surface area (Å²) in [7, 11) is 0. The van der Waals surface area contributed by atoms with Crippen molar-refractivity contribution >= 4 is 40.5 Å². The van der Waals surface area contributed by atoms with Crippen LogP contribution < -0.4 is 10.6 Å². The van der Waals surface area contributed by atoms with E-state index in [-0.39, 0.29) is 6.03 Å². The van der Waals surface area contributed by atoms with E-state index in [9.17, 15) is 4.79 Å². The largest absolute Gasteiger partial charge is 0.494 e. The minimum absolute atomic E-state index is 0.129. The molecule has 2 heterocycles. The highest BCUT2D eigenvalue weighted by molar-refractivity contribution is 6.42. The first-order chi connectivity index (χ1) is 13.1. The van der Waals surface area contributed by atoms with Gasteiger partial charge in [0.25, 0.3) is 0 Å². The van der Waals surface area contributed by atoms with E-state index in [2.05, 4.69) is 10.6 Å². The van der Waals surface area contributed by atoms with Crippen molar-refractivity contribution in [1.29, 1.82) is 0 Å². The van der Waals surface area contributed by atoms with Crippen LogP contribution in [0.5, 0.6) is 0 Å². The van der Waals surface area contributed by atoms with Crippen LogP contribution in [0.15, 0.2) is 48.2 Å². The molecule has 7 heteroatoms. The zero-order chi connectivity index (χ0) is 18.8. The average molecular weight is 404 g/mol. The fraction of sp³-hybridized carbons (Fsp3) is 0.250. The topological polar surface area (TPSA) is 53.6 Å². The van der Waals surface area contributed by atoms with E-state index >= 15 is 0 Å². The second-order valence-corrected chi connectivity index (χ2v) is 7.31. The van der Waals surface area contributed by atoms with Gasteiger partial charge < -0.3 is 20.3 Å². The molecule has 0 aliphatic carbocycles. The number of ether oxygens (including phenoxy) is 1. The molecule has 0 fully saturated rings. The van der Waals surface area contributed by atoms with E-state index in [1.54, 1.807) is 11.0 Å². The first-order valence-electron chi connectivity index (χ1n) is 8.76. The number of amides is 2. The van der Waals surface area contributed by atoms with Gasteiger partial charge in [0.15, 0.2) is 0 Å². The first kappa shape index (κ1) is 18.2. The Bertz CT molecular complexity index is 914. The Kier molecular flexibility index (Phi) is 5.25. The summed E-state index contributed by atoms with van der Waals surface area (Å²) in [5, 5.41) is 7.29. The van der Waals surface area contributed by atoms with E-state index in [1.165, 1.54) is 0 Å². The van der Waals surface area contributed by atoms with Gasteiger partial charge in [0.2, 0.25) is 0 Å². The smallest absolute Gasteiger partial charge is 0.322 e. The normalized spacial score (nSPS) is 17.1. The number of urea groups is 1. The molecule has 0 unspecified atom stereocenters. The van der Waals surface area contributed by atoms with Crippen molar-refractivity contribution in [1.82, 2.24) is 10.2 Å². The Balaban J connectivity index is 1.65. The van der Waals surface area contributed by atoms with E-state index in [0.717, 1.165) is 34.7 Å². The molecule has 0 bridgehead atoms. The van der Waals surface area contributed by atoms with E-state index < -0.39 is 0 Å². The maximum absolute atomic E-state index is 12.5. The van der Waals surface area contributed by atoms with Crippen LogP contribution in [-0.4, -0.2) is 37.2 Å². The molecule has 5 nitrogen and oxygen atoms in total. The molecule has 2 aliphatic rings. The average Bonchev–Trinajstić information content (AvgIpc) is 2.90. The molecule has 0 radical (unpaired) electrons. The third-order valence-corrected chi connectivity index (χ3v) is 5.44. The fourth-order valence-electron chi connectivity index (χ4n) is 3.29. The predicted octanol–water partition coefficient (Wildman–Crippen LogP) is 4.37. The summed E-state index contributed by atoms with van der Waals surface area (Å²) in [6, 6.07) is 13.2. The number of benzene rings is 2. The monoisotopic (exact) mass is 403 g/mol. The number of hydrogen-bond acceptors (Lipinski definition) is 3. The Morgan fingerprint density at radius 3 is 2.81 bits per heavy atom. The maximum atomic E-state index is 12.5. The van der Waals surface area contributed by atoms with Crippen molar-refractivity contribution in [2.24, 2.45) is 0 Å². The lowest BCUT2D eigenvalue weighted by molar-refractivity contribution is 0.173. The van der Waals surface area contributed by atoms with Crippen LogP contribution in [0.3, 0.4) is 0 Å². The zero-order valence-corrected chi connectivity index (χ0v) is 16.1. The van der Waals surface area contributed by atoms with Gasteiger partial charge >= 0.3 is 6.03 Å². The van der Waals surface area contributed by atoms with Gasteiger partial charge in [-0.3, -0.25) is 0 Å². The van der Waals surface area contributed by atoms with Crippen LogP contribution in [0.25, 0.3) is 5.57 Å². The number of hydrogen-bond donors (Lipinski definition) is 2. The fourth-order valence-corrected chi connectivity index (χ4v) is 3.58. The summed E-state index contributed by atoms with van der Waals surface area (Å²) in [6.07, 6.45) is 0. The molecular formula is C20H19Cl2N3O2. The number of rotatable bonds is 3. The zero-order valence-electron chi connectivity index (χ0n) is 14.6. The molecule has 2 aromatic carbocycles. The minimum Gasteiger partial charge on any atom is -0.494 e. The third kappa shape index (κ3) is 3.90. The molecule has 2 N–H and O–H groups in total. The molecule has 2 aliphatic heterocycles. The second kappa shape index (κ2) is 7.80. The summed E-state index contributed by atoms with van der Waals surface area (Å²) in [5.74, 6) is 0.771. The summed E-state index contributed by atoms with van der Waals surface area (Å²) in [6.45, 7) is 2.85.